The molecule has 2 saturated carbocycles. The van der Waals surface area contributed by atoms with Gasteiger partial charge >= 0.3 is 0 Å². The van der Waals surface area contributed by atoms with Crippen molar-refractivity contribution in [2.75, 3.05) is 6.61 Å². The highest BCUT2D eigenvalue weighted by Crippen LogP contribution is 2.57. The molecule has 3 N–H and O–H groups in total. The lowest BCUT2D eigenvalue weighted by Gasteiger charge is -2.45. The molecule has 0 unspecified atom stereocenters. The largest absolute Gasteiger partial charge is 0.393 e. The van der Waals surface area contributed by atoms with E-state index in [1.54, 1.807) is 0 Å². The van der Waals surface area contributed by atoms with Gasteiger partial charge in [0.2, 0.25) is 0 Å². The third kappa shape index (κ3) is 5.42. The Hall–Kier alpha value is -1.20. The van der Waals surface area contributed by atoms with Crippen molar-refractivity contribution in [3.05, 3.63) is 47.1 Å². The number of hydrogen-bond acceptors (Lipinski definition) is 4. The minimum absolute atomic E-state index is 0.0728. The zero-order chi connectivity index (χ0) is 23.0. The molecule has 0 aromatic heterocycles. The average molecular weight is 431 g/mol. The van der Waals surface area contributed by atoms with Crippen LogP contribution in [0.15, 0.2) is 47.1 Å². The molecule has 0 aromatic rings. The van der Waals surface area contributed by atoms with E-state index in [1.165, 1.54) is 11.1 Å². The number of fused-ring (bicyclic) bond motifs is 1. The highest BCUT2D eigenvalue weighted by molar-refractivity contribution is 5.41. The van der Waals surface area contributed by atoms with E-state index >= 15 is 0 Å². The van der Waals surface area contributed by atoms with Crippen molar-refractivity contribution >= 4 is 0 Å². The average Bonchev–Trinajstić information content (AvgIpc) is 3.00. The zero-order valence-electron chi connectivity index (χ0n) is 20.1. The van der Waals surface area contributed by atoms with Gasteiger partial charge in [-0.05, 0) is 94.3 Å². The van der Waals surface area contributed by atoms with Crippen molar-refractivity contribution in [1.82, 2.24) is 0 Å². The summed E-state index contributed by atoms with van der Waals surface area (Å²) in [4.78, 5) is 0. The van der Waals surface area contributed by atoms with E-state index in [9.17, 15) is 15.3 Å². The van der Waals surface area contributed by atoms with E-state index < -0.39 is 17.8 Å². The highest BCUT2D eigenvalue weighted by atomic mass is 16.5. The van der Waals surface area contributed by atoms with Gasteiger partial charge in [-0.2, -0.15) is 0 Å². The molecule has 31 heavy (non-hydrogen) atoms. The molecule has 4 heteroatoms. The first-order chi connectivity index (χ1) is 14.3. The topological polar surface area (TPSA) is 69.9 Å². The van der Waals surface area contributed by atoms with E-state index in [0.717, 1.165) is 36.8 Å². The minimum atomic E-state index is -0.717. The Bertz CT molecular complexity index is 780. The Morgan fingerprint density at radius 2 is 1.94 bits per heavy atom. The maximum Gasteiger partial charge on any atom is 0.0841 e. The molecule has 0 heterocycles. The number of rotatable bonds is 6. The summed E-state index contributed by atoms with van der Waals surface area (Å²) < 4.78 is 6.30. The molecule has 3 aliphatic rings. The predicted molar refractivity (Wildman–Crippen MR) is 126 cm³/mol. The molecule has 0 amide bonds. The first-order valence-corrected chi connectivity index (χ1v) is 11.9. The van der Waals surface area contributed by atoms with Gasteiger partial charge in [0.25, 0.3) is 0 Å². The Kier molecular flexibility index (Phi) is 7.08. The number of aliphatic hydroxyl groups is 3. The standard InChI is InChI=1S/C27H42O4/c1-18-20(16-21(28)17-23(18)29)10-9-19-8-7-13-27(6)22(19)11-12-24(27)26(4,5)31-15-14-25(2,3)30/h9-10,12,21-23,28-30H,1,7-8,11,13-17H2,2-6H3/b19-9+,20-10-/t21-,22+,23+,27+/m1/s1. The van der Waals surface area contributed by atoms with E-state index in [2.05, 4.69) is 45.6 Å². The fraction of sp³-hybridized carbons (Fsp3) is 0.704. The lowest BCUT2D eigenvalue weighted by atomic mass is 9.62. The summed E-state index contributed by atoms with van der Waals surface area (Å²) in [5.74, 6) is 0.456. The van der Waals surface area contributed by atoms with Gasteiger partial charge in [0, 0.05) is 6.42 Å². The van der Waals surface area contributed by atoms with Crippen LogP contribution in [0.1, 0.15) is 79.6 Å². The molecule has 0 radical (unpaired) electrons. The Labute approximate surface area is 188 Å². The first-order valence-electron chi connectivity index (χ1n) is 11.9. The van der Waals surface area contributed by atoms with Gasteiger partial charge < -0.3 is 20.1 Å². The smallest absolute Gasteiger partial charge is 0.0841 e. The second kappa shape index (κ2) is 8.97. The van der Waals surface area contributed by atoms with Crippen molar-refractivity contribution in [3.8, 4) is 0 Å². The van der Waals surface area contributed by atoms with Gasteiger partial charge in [-0.15, -0.1) is 0 Å². The van der Waals surface area contributed by atoms with Crippen LogP contribution in [0.4, 0.5) is 0 Å². The number of ether oxygens (including phenoxy) is 1. The summed E-state index contributed by atoms with van der Waals surface area (Å²) in [6, 6.07) is 0. The van der Waals surface area contributed by atoms with Crippen molar-refractivity contribution in [2.24, 2.45) is 11.3 Å². The molecule has 0 aliphatic heterocycles. The van der Waals surface area contributed by atoms with E-state index in [1.807, 2.05) is 13.8 Å². The monoisotopic (exact) mass is 430 g/mol. The molecule has 4 nitrogen and oxygen atoms in total. The molecule has 174 valence electrons. The van der Waals surface area contributed by atoms with Crippen LogP contribution >= 0.6 is 0 Å². The Morgan fingerprint density at radius 3 is 2.61 bits per heavy atom. The highest BCUT2D eigenvalue weighted by Gasteiger charge is 2.49. The van der Waals surface area contributed by atoms with E-state index in [0.29, 0.717) is 31.8 Å². The third-order valence-electron chi connectivity index (χ3n) is 7.64. The number of aliphatic hydroxyl groups excluding tert-OH is 2. The van der Waals surface area contributed by atoms with Gasteiger partial charge in [0.15, 0.2) is 0 Å². The molecule has 4 atom stereocenters. The second-order valence-electron chi connectivity index (χ2n) is 11.2. The Morgan fingerprint density at radius 1 is 1.23 bits per heavy atom. The van der Waals surface area contributed by atoms with Crippen LogP contribution in [-0.4, -0.2) is 45.3 Å². The summed E-state index contributed by atoms with van der Waals surface area (Å²) in [6.45, 7) is 14.9. The molecular weight excluding hydrogens is 388 g/mol. The van der Waals surface area contributed by atoms with Crippen LogP contribution in [-0.2, 0) is 4.74 Å². The van der Waals surface area contributed by atoms with Gasteiger partial charge in [-0.3, -0.25) is 0 Å². The number of hydrogen-bond donors (Lipinski definition) is 3. The molecule has 0 saturated heterocycles. The first kappa shape index (κ1) is 24.4. The lowest BCUT2D eigenvalue weighted by Crippen LogP contribution is -2.40. The van der Waals surface area contributed by atoms with Gasteiger partial charge in [-0.1, -0.05) is 37.3 Å². The van der Waals surface area contributed by atoms with Crippen LogP contribution < -0.4 is 0 Å². The van der Waals surface area contributed by atoms with Crippen LogP contribution in [0.3, 0.4) is 0 Å². The van der Waals surface area contributed by atoms with Crippen molar-refractivity contribution < 1.29 is 20.1 Å². The van der Waals surface area contributed by atoms with Crippen LogP contribution in [0.25, 0.3) is 0 Å². The maximum atomic E-state index is 10.1. The Balaban J connectivity index is 1.76. The molecule has 0 spiro atoms. The van der Waals surface area contributed by atoms with Gasteiger partial charge in [-0.25, -0.2) is 0 Å². The quantitative estimate of drug-likeness (QED) is 0.519. The zero-order valence-corrected chi connectivity index (χ0v) is 20.1. The predicted octanol–water partition coefficient (Wildman–Crippen LogP) is 5.00. The normalized spacial score (nSPS) is 34.9. The molecule has 3 rings (SSSR count). The molecule has 0 bridgehead atoms. The van der Waals surface area contributed by atoms with Crippen LogP contribution in [0.2, 0.25) is 0 Å². The fourth-order valence-corrected chi connectivity index (χ4v) is 5.85. The third-order valence-corrected chi connectivity index (χ3v) is 7.64. The minimum Gasteiger partial charge on any atom is -0.393 e. The SMILES string of the molecule is C=C1/C(=C\C=C2/CCC[C@]3(C)C(C(C)(C)OCCC(C)(C)O)=CC[C@@H]23)C[C@@H](O)C[C@@H]1O. The van der Waals surface area contributed by atoms with Gasteiger partial charge in [0.1, 0.15) is 0 Å². The van der Waals surface area contributed by atoms with Crippen LogP contribution in [0, 0.1) is 11.3 Å². The molecule has 3 aliphatic carbocycles. The van der Waals surface area contributed by atoms with Crippen molar-refractivity contribution in [3.63, 3.8) is 0 Å². The number of allylic oxidation sites excluding steroid dienone is 4. The van der Waals surface area contributed by atoms with Crippen molar-refractivity contribution in [2.45, 2.75) is 103 Å². The van der Waals surface area contributed by atoms with E-state index in [-0.39, 0.29) is 11.0 Å². The summed E-state index contributed by atoms with van der Waals surface area (Å²) in [5, 5.41) is 30.2. The van der Waals surface area contributed by atoms with Crippen LogP contribution in [0.5, 0.6) is 0 Å². The summed E-state index contributed by atoms with van der Waals surface area (Å²) >= 11 is 0. The molecule has 2 fully saturated rings. The molecule has 0 aromatic carbocycles. The maximum absolute atomic E-state index is 10.1. The summed E-state index contributed by atoms with van der Waals surface area (Å²) in [7, 11) is 0. The fourth-order valence-electron chi connectivity index (χ4n) is 5.85. The van der Waals surface area contributed by atoms with E-state index in [4.69, 9.17) is 4.74 Å². The lowest BCUT2D eigenvalue weighted by molar-refractivity contribution is -0.0375. The second-order valence-corrected chi connectivity index (χ2v) is 11.2. The molecular formula is C27H42O4. The summed E-state index contributed by atoms with van der Waals surface area (Å²) in [6.07, 6.45) is 11.5. The van der Waals surface area contributed by atoms with Crippen molar-refractivity contribution in [1.29, 1.82) is 0 Å². The van der Waals surface area contributed by atoms with Gasteiger partial charge in [0.05, 0.1) is 30.0 Å². The summed E-state index contributed by atoms with van der Waals surface area (Å²) in [5.41, 5.74) is 3.53.